The van der Waals surface area contributed by atoms with E-state index in [1.807, 2.05) is 55.5 Å². The molecule has 0 unspecified atom stereocenters. The van der Waals surface area contributed by atoms with Crippen LogP contribution in [0.25, 0.3) is 17.2 Å². The van der Waals surface area contributed by atoms with E-state index in [2.05, 4.69) is 22.3 Å². The molecule has 1 amide bonds. The highest BCUT2D eigenvalue weighted by Crippen LogP contribution is 2.20. The molecule has 1 N–H and O–H groups in total. The second-order valence-electron chi connectivity index (χ2n) is 7.27. The molecule has 0 atom stereocenters. The third-order valence-corrected chi connectivity index (χ3v) is 5.13. The Kier molecular flexibility index (Phi) is 5.18. The van der Waals surface area contributed by atoms with Gasteiger partial charge in [0.1, 0.15) is 6.54 Å². The first-order chi connectivity index (χ1) is 14.5. The molecule has 0 aliphatic carbocycles. The SMILES string of the molecule is CCc1ccc(NC(=O)Cn2c(C)cc(=O)n3nc(-c4ccccc4C)nc23)cc1. The molecule has 2 aromatic carbocycles. The quantitative estimate of drug-likeness (QED) is 0.556. The Labute approximate surface area is 174 Å². The van der Waals surface area contributed by atoms with Gasteiger partial charge >= 0.3 is 0 Å². The summed E-state index contributed by atoms with van der Waals surface area (Å²) in [5.74, 6) is 0.600. The number of rotatable bonds is 5. The molecule has 30 heavy (non-hydrogen) atoms. The molecule has 0 saturated carbocycles. The summed E-state index contributed by atoms with van der Waals surface area (Å²) in [5.41, 5.74) is 4.17. The molecule has 0 bridgehead atoms. The van der Waals surface area contributed by atoms with Crippen LogP contribution in [-0.2, 0) is 17.8 Å². The van der Waals surface area contributed by atoms with Gasteiger partial charge in [0.2, 0.25) is 11.7 Å². The zero-order valence-electron chi connectivity index (χ0n) is 17.2. The number of hydrogen-bond donors (Lipinski definition) is 1. The van der Waals surface area contributed by atoms with Crippen LogP contribution in [0.3, 0.4) is 0 Å². The Hall–Kier alpha value is -3.74. The minimum absolute atomic E-state index is 0.0248. The lowest BCUT2D eigenvalue weighted by molar-refractivity contribution is -0.116. The van der Waals surface area contributed by atoms with Gasteiger partial charge in [-0.3, -0.25) is 9.59 Å². The van der Waals surface area contributed by atoms with Crippen molar-refractivity contribution in [3.05, 3.63) is 81.8 Å². The van der Waals surface area contributed by atoms with Gasteiger partial charge in [0.25, 0.3) is 5.56 Å². The average Bonchev–Trinajstić information content (AvgIpc) is 3.18. The van der Waals surface area contributed by atoms with E-state index in [9.17, 15) is 9.59 Å². The first-order valence-electron chi connectivity index (χ1n) is 9.88. The van der Waals surface area contributed by atoms with E-state index >= 15 is 0 Å². The molecule has 4 aromatic rings. The number of carbonyl (C=O) groups is 1. The average molecular weight is 401 g/mol. The maximum absolute atomic E-state index is 12.7. The van der Waals surface area contributed by atoms with E-state index in [1.165, 1.54) is 16.1 Å². The van der Waals surface area contributed by atoms with Crippen molar-refractivity contribution in [1.29, 1.82) is 0 Å². The molecule has 0 fully saturated rings. The molecular weight excluding hydrogens is 378 g/mol. The molecule has 4 rings (SSSR count). The van der Waals surface area contributed by atoms with E-state index in [0.29, 0.717) is 17.3 Å². The van der Waals surface area contributed by atoms with Gasteiger partial charge in [0.05, 0.1) is 0 Å². The zero-order valence-corrected chi connectivity index (χ0v) is 17.2. The van der Waals surface area contributed by atoms with E-state index in [1.54, 1.807) is 11.5 Å². The Morgan fingerprint density at radius 1 is 1.07 bits per heavy atom. The second kappa shape index (κ2) is 7.94. The Bertz CT molecular complexity index is 1290. The van der Waals surface area contributed by atoms with Crippen molar-refractivity contribution in [2.45, 2.75) is 33.7 Å². The maximum atomic E-state index is 12.7. The van der Waals surface area contributed by atoms with Crippen LogP contribution in [0, 0.1) is 13.8 Å². The van der Waals surface area contributed by atoms with E-state index < -0.39 is 0 Å². The molecule has 0 saturated heterocycles. The topological polar surface area (TPSA) is 81.3 Å². The molecule has 2 heterocycles. The summed E-state index contributed by atoms with van der Waals surface area (Å²) in [5, 5.41) is 7.30. The van der Waals surface area contributed by atoms with Crippen LogP contribution in [0.5, 0.6) is 0 Å². The van der Waals surface area contributed by atoms with Crippen molar-refractivity contribution in [3.63, 3.8) is 0 Å². The predicted octanol–water partition coefficient (Wildman–Crippen LogP) is 3.38. The summed E-state index contributed by atoms with van der Waals surface area (Å²) in [7, 11) is 0. The number of anilines is 1. The standard InChI is InChI=1S/C23H23N5O2/c1-4-17-9-11-18(12-10-17)24-20(29)14-27-16(3)13-21(30)28-23(27)25-22(26-28)19-8-6-5-7-15(19)2/h5-13H,4,14H2,1-3H3,(H,24,29). The lowest BCUT2D eigenvalue weighted by Crippen LogP contribution is -2.25. The lowest BCUT2D eigenvalue weighted by atomic mass is 10.1. The van der Waals surface area contributed by atoms with Crippen LogP contribution >= 0.6 is 0 Å². The number of carbonyl (C=O) groups excluding carboxylic acids is 1. The van der Waals surface area contributed by atoms with Crippen LogP contribution in [-0.4, -0.2) is 25.1 Å². The number of amides is 1. The molecule has 0 aliphatic heterocycles. The molecule has 0 aliphatic rings. The summed E-state index contributed by atoms with van der Waals surface area (Å²) in [4.78, 5) is 29.7. The van der Waals surface area contributed by atoms with Gasteiger partial charge in [-0.05, 0) is 43.5 Å². The number of nitrogens with zero attached hydrogens (tertiary/aromatic N) is 4. The minimum Gasteiger partial charge on any atom is -0.325 e. The monoisotopic (exact) mass is 401 g/mol. The number of nitrogens with one attached hydrogen (secondary N) is 1. The van der Waals surface area contributed by atoms with Crippen LogP contribution in [0.15, 0.2) is 59.4 Å². The van der Waals surface area contributed by atoms with Gasteiger partial charge in [0, 0.05) is 23.0 Å². The van der Waals surface area contributed by atoms with Crippen molar-refractivity contribution in [2.24, 2.45) is 0 Å². The van der Waals surface area contributed by atoms with Crippen LogP contribution in [0.1, 0.15) is 23.7 Å². The first kappa shape index (κ1) is 19.6. The Morgan fingerprint density at radius 3 is 2.50 bits per heavy atom. The number of benzene rings is 2. The maximum Gasteiger partial charge on any atom is 0.275 e. The molecule has 152 valence electrons. The number of aryl methyl sites for hydroxylation is 3. The van der Waals surface area contributed by atoms with Crippen LogP contribution in [0.4, 0.5) is 5.69 Å². The normalized spacial score (nSPS) is 11.0. The van der Waals surface area contributed by atoms with Gasteiger partial charge in [-0.15, -0.1) is 5.10 Å². The Morgan fingerprint density at radius 2 is 1.80 bits per heavy atom. The summed E-state index contributed by atoms with van der Waals surface area (Å²) in [6.45, 7) is 5.86. The molecule has 7 heteroatoms. The van der Waals surface area contributed by atoms with Crippen molar-refractivity contribution >= 4 is 17.4 Å². The summed E-state index contributed by atoms with van der Waals surface area (Å²) >= 11 is 0. The van der Waals surface area contributed by atoms with Gasteiger partial charge in [-0.25, -0.2) is 0 Å². The van der Waals surface area contributed by atoms with Crippen molar-refractivity contribution in [3.8, 4) is 11.4 Å². The summed E-state index contributed by atoms with van der Waals surface area (Å²) < 4.78 is 2.95. The lowest BCUT2D eigenvalue weighted by Gasteiger charge is -2.12. The highest BCUT2D eigenvalue weighted by Gasteiger charge is 2.16. The van der Waals surface area contributed by atoms with E-state index in [0.717, 1.165) is 23.2 Å². The molecule has 2 aromatic heterocycles. The molecule has 0 radical (unpaired) electrons. The third kappa shape index (κ3) is 3.74. The summed E-state index contributed by atoms with van der Waals surface area (Å²) in [6, 6.07) is 16.9. The largest absolute Gasteiger partial charge is 0.325 e. The number of aromatic nitrogens is 4. The highest BCUT2D eigenvalue weighted by atomic mass is 16.2. The number of hydrogen-bond acceptors (Lipinski definition) is 4. The summed E-state index contributed by atoms with van der Waals surface area (Å²) in [6.07, 6.45) is 0.943. The zero-order chi connectivity index (χ0) is 21.3. The van der Waals surface area contributed by atoms with Gasteiger partial charge in [0.15, 0.2) is 5.82 Å². The number of fused-ring (bicyclic) bond motifs is 1. The molecule has 0 spiro atoms. The first-order valence-corrected chi connectivity index (χ1v) is 9.88. The fourth-order valence-electron chi connectivity index (χ4n) is 3.40. The molecule has 7 nitrogen and oxygen atoms in total. The van der Waals surface area contributed by atoms with Gasteiger partial charge in [-0.2, -0.15) is 9.50 Å². The smallest absolute Gasteiger partial charge is 0.275 e. The van der Waals surface area contributed by atoms with E-state index in [4.69, 9.17) is 0 Å². The minimum atomic E-state index is -0.276. The second-order valence-corrected chi connectivity index (χ2v) is 7.27. The van der Waals surface area contributed by atoms with E-state index in [-0.39, 0.29) is 18.0 Å². The third-order valence-electron chi connectivity index (χ3n) is 5.13. The fraction of sp³-hybridized carbons (Fsp3) is 0.217. The van der Waals surface area contributed by atoms with Gasteiger partial charge in [-0.1, -0.05) is 43.3 Å². The van der Waals surface area contributed by atoms with Crippen molar-refractivity contribution in [2.75, 3.05) is 5.32 Å². The van der Waals surface area contributed by atoms with Crippen molar-refractivity contribution < 1.29 is 4.79 Å². The predicted molar refractivity (Wildman–Crippen MR) is 117 cm³/mol. The van der Waals surface area contributed by atoms with Crippen LogP contribution < -0.4 is 10.9 Å². The fourth-order valence-corrected chi connectivity index (χ4v) is 3.40. The Balaban J connectivity index is 1.68. The van der Waals surface area contributed by atoms with Gasteiger partial charge < -0.3 is 9.88 Å². The van der Waals surface area contributed by atoms with Crippen LogP contribution in [0.2, 0.25) is 0 Å². The highest BCUT2D eigenvalue weighted by molar-refractivity contribution is 5.90. The van der Waals surface area contributed by atoms with Crippen molar-refractivity contribution in [1.82, 2.24) is 19.2 Å². The molecular formula is C23H23N5O2.